The lowest BCUT2D eigenvalue weighted by molar-refractivity contribution is 0.101. The molecule has 3 nitrogen and oxygen atoms in total. The Hall–Kier alpha value is -2.33. The molecule has 1 aliphatic heterocycles. The molecule has 0 bridgehead atoms. The molecule has 0 saturated heterocycles. The summed E-state index contributed by atoms with van der Waals surface area (Å²) in [6.45, 7) is 6.48. The minimum atomic E-state index is -0.0765. The lowest BCUT2D eigenvalue weighted by atomic mass is 10.1. The van der Waals surface area contributed by atoms with Crippen molar-refractivity contribution in [2.75, 3.05) is 6.61 Å². The maximum absolute atomic E-state index is 12.5. The summed E-state index contributed by atoms with van der Waals surface area (Å²) in [7, 11) is 0. The van der Waals surface area contributed by atoms with Gasteiger partial charge in [0, 0.05) is 16.5 Å². The number of ether oxygens (including phenoxy) is 2. The van der Waals surface area contributed by atoms with Crippen molar-refractivity contribution in [1.82, 2.24) is 0 Å². The first-order chi connectivity index (χ1) is 11.1. The average Bonchev–Trinajstić information content (AvgIpc) is 3.12. The number of carbonyl (C=O) groups excluding carboxylic acids is 1. The van der Waals surface area contributed by atoms with Crippen LogP contribution in [0.2, 0.25) is 0 Å². The van der Waals surface area contributed by atoms with Crippen molar-refractivity contribution in [2.24, 2.45) is 0 Å². The van der Waals surface area contributed by atoms with Crippen LogP contribution in [0.3, 0.4) is 0 Å². The van der Waals surface area contributed by atoms with E-state index in [4.69, 9.17) is 9.47 Å². The molecule has 0 amide bonds. The predicted molar refractivity (Wildman–Crippen MR) is 93.4 cm³/mol. The van der Waals surface area contributed by atoms with Gasteiger partial charge in [-0.2, -0.15) is 0 Å². The van der Waals surface area contributed by atoms with E-state index < -0.39 is 0 Å². The van der Waals surface area contributed by atoms with Gasteiger partial charge < -0.3 is 9.47 Å². The Morgan fingerprint density at radius 3 is 2.83 bits per heavy atom. The van der Waals surface area contributed by atoms with E-state index in [-0.39, 0.29) is 5.78 Å². The second-order valence-corrected chi connectivity index (χ2v) is 6.59. The van der Waals surface area contributed by atoms with Gasteiger partial charge in [0.05, 0.1) is 5.56 Å². The molecule has 3 rings (SSSR count). The first kappa shape index (κ1) is 15.6. The standard InChI is InChI=1S/C19H18O3S/c1-12(2)8-9-21-16-7-6-15-18(20)17(22-19(15)13(16)3)11-14-5-4-10-23-14/h4-8,10-11H,9H2,1-3H3/b17-11-. The van der Waals surface area contributed by atoms with E-state index >= 15 is 0 Å². The minimum absolute atomic E-state index is 0.0765. The first-order valence-electron chi connectivity index (χ1n) is 7.44. The normalized spacial score (nSPS) is 14.6. The molecule has 4 heteroatoms. The maximum atomic E-state index is 12.5. The summed E-state index contributed by atoms with van der Waals surface area (Å²) in [4.78, 5) is 13.4. The molecule has 0 spiro atoms. The van der Waals surface area contributed by atoms with Gasteiger partial charge in [0.1, 0.15) is 18.1 Å². The average molecular weight is 326 g/mol. The van der Waals surface area contributed by atoms with Crippen molar-refractivity contribution in [1.29, 1.82) is 0 Å². The van der Waals surface area contributed by atoms with Crippen LogP contribution < -0.4 is 9.47 Å². The van der Waals surface area contributed by atoms with Crippen LogP contribution in [0.1, 0.15) is 34.6 Å². The number of fused-ring (bicyclic) bond motifs is 1. The number of benzene rings is 1. The lowest BCUT2D eigenvalue weighted by Crippen LogP contribution is -1.98. The highest BCUT2D eigenvalue weighted by molar-refractivity contribution is 7.10. The molecule has 1 aromatic heterocycles. The van der Waals surface area contributed by atoms with Crippen LogP contribution in [-0.4, -0.2) is 12.4 Å². The number of hydrogen-bond acceptors (Lipinski definition) is 4. The smallest absolute Gasteiger partial charge is 0.232 e. The number of ketones is 1. The van der Waals surface area contributed by atoms with Gasteiger partial charge >= 0.3 is 0 Å². The molecule has 0 saturated carbocycles. The summed E-state index contributed by atoms with van der Waals surface area (Å²) in [5, 5.41) is 1.97. The Bertz CT molecular complexity index is 794. The lowest BCUT2D eigenvalue weighted by Gasteiger charge is -2.10. The van der Waals surface area contributed by atoms with Crippen molar-refractivity contribution in [3.8, 4) is 11.5 Å². The quantitative estimate of drug-likeness (QED) is 0.585. The Labute approximate surface area is 139 Å². The van der Waals surface area contributed by atoms with E-state index in [1.54, 1.807) is 23.5 Å². The molecule has 1 aliphatic rings. The van der Waals surface area contributed by atoms with Crippen molar-refractivity contribution in [3.05, 3.63) is 63.1 Å². The molecule has 0 radical (unpaired) electrons. The van der Waals surface area contributed by atoms with Gasteiger partial charge in [-0.15, -0.1) is 11.3 Å². The molecule has 2 aromatic rings. The summed E-state index contributed by atoms with van der Waals surface area (Å²) in [5.74, 6) is 1.64. The van der Waals surface area contributed by atoms with Crippen molar-refractivity contribution < 1.29 is 14.3 Å². The zero-order valence-corrected chi connectivity index (χ0v) is 14.2. The third-order valence-corrected chi connectivity index (χ3v) is 4.40. The third kappa shape index (κ3) is 3.22. The molecule has 0 atom stereocenters. The highest BCUT2D eigenvalue weighted by Gasteiger charge is 2.30. The molecular formula is C19H18O3S. The van der Waals surface area contributed by atoms with Crippen LogP contribution in [0.25, 0.3) is 6.08 Å². The summed E-state index contributed by atoms with van der Waals surface area (Å²) >= 11 is 1.57. The first-order valence-corrected chi connectivity index (χ1v) is 8.31. The van der Waals surface area contributed by atoms with Crippen LogP contribution in [0.15, 0.2) is 47.1 Å². The summed E-state index contributed by atoms with van der Waals surface area (Å²) in [5.41, 5.74) is 2.66. The Balaban J connectivity index is 1.87. The van der Waals surface area contributed by atoms with Crippen LogP contribution in [0, 0.1) is 6.92 Å². The molecule has 2 heterocycles. The van der Waals surface area contributed by atoms with Crippen LogP contribution in [0.5, 0.6) is 11.5 Å². The second-order valence-electron chi connectivity index (χ2n) is 5.61. The van der Waals surface area contributed by atoms with E-state index in [2.05, 4.69) is 0 Å². The van der Waals surface area contributed by atoms with E-state index in [1.165, 1.54) is 5.57 Å². The van der Waals surface area contributed by atoms with Crippen molar-refractivity contribution in [3.63, 3.8) is 0 Å². The van der Waals surface area contributed by atoms with E-state index in [9.17, 15) is 4.79 Å². The Morgan fingerprint density at radius 2 is 2.13 bits per heavy atom. The molecular weight excluding hydrogens is 308 g/mol. The van der Waals surface area contributed by atoms with Gasteiger partial charge in [-0.05, 0) is 50.4 Å². The third-order valence-electron chi connectivity index (χ3n) is 3.58. The number of Topliss-reactive ketones (excluding diaryl/α,β-unsaturated/α-hetero) is 1. The predicted octanol–water partition coefficient (Wildman–Crippen LogP) is 5.02. The fourth-order valence-electron chi connectivity index (χ4n) is 2.33. The monoisotopic (exact) mass is 326 g/mol. The highest BCUT2D eigenvalue weighted by Crippen LogP contribution is 2.39. The fourth-order valence-corrected chi connectivity index (χ4v) is 2.97. The molecule has 0 N–H and O–H groups in total. The van der Waals surface area contributed by atoms with Crippen molar-refractivity contribution in [2.45, 2.75) is 20.8 Å². The second kappa shape index (κ2) is 6.42. The number of allylic oxidation sites excluding steroid dienone is 2. The Morgan fingerprint density at radius 1 is 1.30 bits per heavy atom. The molecule has 0 unspecified atom stereocenters. The van der Waals surface area contributed by atoms with Gasteiger partial charge in [0.15, 0.2) is 5.76 Å². The van der Waals surface area contributed by atoms with Gasteiger partial charge in [-0.1, -0.05) is 11.6 Å². The number of rotatable bonds is 4. The highest BCUT2D eigenvalue weighted by atomic mass is 32.1. The molecule has 0 fully saturated rings. The van der Waals surface area contributed by atoms with Gasteiger partial charge in [0.2, 0.25) is 5.78 Å². The zero-order chi connectivity index (χ0) is 16.4. The minimum Gasteiger partial charge on any atom is -0.489 e. The molecule has 23 heavy (non-hydrogen) atoms. The largest absolute Gasteiger partial charge is 0.489 e. The van der Waals surface area contributed by atoms with Crippen LogP contribution in [0.4, 0.5) is 0 Å². The topological polar surface area (TPSA) is 35.5 Å². The fraction of sp³-hybridized carbons (Fsp3) is 0.211. The van der Waals surface area contributed by atoms with Gasteiger partial charge in [-0.25, -0.2) is 0 Å². The van der Waals surface area contributed by atoms with E-state index in [0.29, 0.717) is 23.7 Å². The van der Waals surface area contributed by atoms with E-state index in [0.717, 1.165) is 16.2 Å². The zero-order valence-electron chi connectivity index (χ0n) is 13.4. The molecule has 118 valence electrons. The molecule has 1 aromatic carbocycles. The SMILES string of the molecule is CC(C)=CCOc1ccc2c(c1C)O/C(=C\c1cccs1)C2=O. The maximum Gasteiger partial charge on any atom is 0.232 e. The van der Waals surface area contributed by atoms with Crippen molar-refractivity contribution >= 4 is 23.2 Å². The number of thiophene rings is 1. The van der Waals surface area contributed by atoms with Crippen LogP contribution in [-0.2, 0) is 0 Å². The molecule has 0 aliphatic carbocycles. The summed E-state index contributed by atoms with van der Waals surface area (Å²) < 4.78 is 11.6. The summed E-state index contributed by atoms with van der Waals surface area (Å²) in [6, 6.07) is 7.52. The van der Waals surface area contributed by atoms with Crippen LogP contribution >= 0.6 is 11.3 Å². The van der Waals surface area contributed by atoms with Gasteiger partial charge in [0.25, 0.3) is 0 Å². The number of hydrogen-bond donors (Lipinski definition) is 0. The van der Waals surface area contributed by atoms with E-state index in [1.807, 2.05) is 50.4 Å². The Kier molecular flexibility index (Phi) is 4.35. The number of carbonyl (C=O) groups is 1. The summed E-state index contributed by atoms with van der Waals surface area (Å²) in [6.07, 6.45) is 3.80. The van der Waals surface area contributed by atoms with Gasteiger partial charge in [-0.3, -0.25) is 4.79 Å².